The third-order valence-electron chi connectivity index (χ3n) is 5.94. The molecule has 32 heavy (non-hydrogen) atoms. The summed E-state index contributed by atoms with van der Waals surface area (Å²) in [5, 5.41) is 14.3. The Balaban J connectivity index is 1.40. The number of carbonyl (C=O) groups is 3. The van der Waals surface area contributed by atoms with Gasteiger partial charge in [-0.25, -0.2) is 9.59 Å². The van der Waals surface area contributed by atoms with E-state index in [9.17, 15) is 19.5 Å². The molecule has 2 aromatic rings. The van der Waals surface area contributed by atoms with Crippen LogP contribution in [0.25, 0.3) is 11.1 Å². The summed E-state index contributed by atoms with van der Waals surface area (Å²) < 4.78 is 10.4. The minimum absolute atomic E-state index is 0.0347. The van der Waals surface area contributed by atoms with Gasteiger partial charge in [0.05, 0.1) is 6.61 Å². The molecule has 4 rings (SSSR count). The lowest BCUT2D eigenvalue weighted by atomic mass is 9.98. The molecule has 0 spiro atoms. The number of ether oxygens (including phenoxy) is 2. The highest BCUT2D eigenvalue weighted by atomic mass is 16.5. The molecule has 2 aliphatic rings. The molecule has 1 fully saturated rings. The number of carboxylic acid groups (broad SMARTS) is 1. The minimum atomic E-state index is -1.20. The maximum absolute atomic E-state index is 12.6. The average molecular weight is 438 g/mol. The van der Waals surface area contributed by atoms with Gasteiger partial charge in [-0.15, -0.1) is 0 Å². The molecular formula is C24H26N2O6. The van der Waals surface area contributed by atoms with E-state index in [1.807, 2.05) is 36.4 Å². The molecule has 8 nitrogen and oxygen atoms in total. The van der Waals surface area contributed by atoms with Crippen molar-refractivity contribution in [2.24, 2.45) is 5.92 Å². The van der Waals surface area contributed by atoms with Crippen LogP contribution >= 0.6 is 0 Å². The molecule has 0 saturated heterocycles. The van der Waals surface area contributed by atoms with Crippen molar-refractivity contribution in [1.82, 2.24) is 10.6 Å². The molecule has 0 aliphatic heterocycles. The fraction of sp³-hybridized carbons (Fsp3) is 0.375. The van der Waals surface area contributed by atoms with Crippen LogP contribution in [0.3, 0.4) is 0 Å². The van der Waals surface area contributed by atoms with E-state index < -0.39 is 30.1 Å². The first-order valence-corrected chi connectivity index (χ1v) is 10.6. The largest absolute Gasteiger partial charge is 0.480 e. The Morgan fingerprint density at radius 3 is 2.12 bits per heavy atom. The predicted molar refractivity (Wildman–Crippen MR) is 116 cm³/mol. The van der Waals surface area contributed by atoms with Gasteiger partial charge in [-0.05, 0) is 41.0 Å². The van der Waals surface area contributed by atoms with Crippen molar-refractivity contribution in [2.75, 3.05) is 20.3 Å². The number of amides is 2. The van der Waals surface area contributed by atoms with E-state index in [4.69, 9.17) is 9.47 Å². The molecule has 1 saturated carbocycles. The number of nitrogens with one attached hydrogen (secondary N) is 2. The van der Waals surface area contributed by atoms with Crippen molar-refractivity contribution < 1.29 is 29.0 Å². The Hall–Kier alpha value is -3.39. The first-order valence-electron chi connectivity index (χ1n) is 10.6. The van der Waals surface area contributed by atoms with Crippen LogP contribution in [0.2, 0.25) is 0 Å². The second-order valence-electron chi connectivity index (χ2n) is 8.14. The number of fused-ring (bicyclic) bond motifs is 3. The summed E-state index contributed by atoms with van der Waals surface area (Å²) >= 11 is 0. The van der Waals surface area contributed by atoms with Gasteiger partial charge >= 0.3 is 12.1 Å². The standard InChI is InChI=1S/C24H26N2O6/c1-31-13-20(23(28)29)25-22(27)21(14-10-11-14)26-24(30)32-12-19-17-8-4-2-6-15(17)16-7-3-5-9-18(16)19/h2-9,14,19-21H,10-13H2,1H3,(H,25,27)(H,26,30)(H,28,29)/t20-,21?/m0/s1. The Morgan fingerprint density at radius 2 is 1.59 bits per heavy atom. The zero-order valence-electron chi connectivity index (χ0n) is 17.7. The number of carboxylic acids is 1. The van der Waals surface area contributed by atoms with Crippen molar-refractivity contribution in [1.29, 1.82) is 0 Å². The third-order valence-corrected chi connectivity index (χ3v) is 5.94. The van der Waals surface area contributed by atoms with Gasteiger partial charge in [0.1, 0.15) is 12.6 Å². The van der Waals surface area contributed by atoms with E-state index in [-0.39, 0.29) is 25.0 Å². The zero-order chi connectivity index (χ0) is 22.7. The van der Waals surface area contributed by atoms with E-state index >= 15 is 0 Å². The molecule has 2 aliphatic carbocycles. The molecule has 168 valence electrons. The van der Waals surface area contributed by atoms with Gasteiger partial charge in [0, 0.05) is 13.0 Å². The van der Waals surface area contributed by atoms with Crippen molar-refractivity contribution in [3.8, 4) is 11.1 Å². The highest BCUT2D eigenvalue weighted by molar-refractivity contribution is 5.90. The molecule has 1 unspecified atom stereocenters. The molecule has 0 bridgehead atoms. The quantitative estimate of drug-likeness (QED) is 0.554. The summed E-state index contributed by atoms with van der Waals surface area (Å²) in [4.78, 5) is 36.5. The molecule has 0 heterocycles. The summed E-state index contributed by atoms with van der Waals surface area (Å²) in [5.41, 5.74) is 4.46. The zero-order valence-corrected chi connectivity index (χ0v) is 17.7. The Kier molecular flexibility index (Phi) is 6.41. The number of alkyl carbamates (subject to hydrolysis) is 1. The van der Waals surface area contributed by atoms with Gasteiger partial charge in [0.15, 0.2) is 6.04 Å². The van der Waals surface area contributed by atoms with Crippen LogP contribution in [0.1, 0.15) is 29.9 Å². The summed E-state index contributed by atoms with van der Waals surface area (Å²) in [6.07, 6.45) is 0.866. The van der Waals surface area contributed by atoms with Crippen LogP contribution in [-0.2, 0) is 19.1 Å². The molecule has 2 amide bonds. The predicted octanol–water partition coefficient (Wildman–Crippen LogP) is 2.52. The van der Waals surface area contributed by atoms with Crippen molar-refractivity contribution >= 4 is 18.0 Å². The van der Waals surface area contributed by atoms with Crippen molar-refractivity contribution in [3.05, 3.63) is 59.7 Å². The Morgan fingerprint density at radius 1 is 1.00 bits per heavy atom. The van der Waals surface area contributed by atoms with Gasteiger partial charge in [0.25, 0.3) is 0 Å². The molecule has 8 heteroatoms. The Bertz CT molecular complexity index is 974. The smallest absolute Gasteiger partial charge is 0.407 e. The second kappa shape index (κ2) is 9.40. The van der Waals surface area contributed by atoms with Crippen LogP contribution in [0.5, 0.6) is 0 Å². The van der Waals surface area contributed by atoms with Crippen LogP contribution in [0, 0.1) is 5.92 Å². The Labute approximate surface area is 185 Å². The van der Waals surface area contributed by atoms with E-state index in [0.29, 0.717) is 0 Å². The van der Waals surface area contributed by atoms with Crippen LogP contribution in [-0.4, -0.2) is 55.5 Å². The lowest BCUT2D eigenvalue weighted by Gasteiger charge is -2.21. The number of benzene rings is 2. The first-order chi connectivity index (χ1) is 15.5. The lowest BCUT2D eigenvalue weighted by molar-refractivity contribution is -0.143. The first kappa shape index (κ1) is 21.8. The topological polar surface area (TPSA) is 114 Å². The fourth-order valence-corrected chi connectivity index (χ4v) is 4.20. The van der Waals surface area contributed by atoms with Crippen molar-refractivity contribution in [3.63, 3.8) is 0 Å². The van der Waals surface area contributed by atoms with Gasteiger partial charge < -0.3 is 25.2 Å². The molecule has 3 N–H and O–H groups in total. The number of methoxy groups -OCH3 is 1. The summed E-state index contributed by atoms with van der Waals surface area (Å²) in [5.74, 6) is -1.87. The van der Waals surface area contributed by atoms with E-state index in [0.717, 1.165) is 35.1 Å². The molecule has 2 atom stereocenters. The molecule has 2 aromatic carbocycles. The second-order valence-corrected chi connectivity index (χ2v) is 8.14. The highest BCUT2D eigenvalue weighted by Gasteiger charge is 2.39. The van der Waals surface area contributed by atoms with Crippen LogP contribution in [0.15, 0.2) is 48.5 Å². The summed E-state index contributed by atoms with van der Waals surface area (Å²) in [6, 6.07) is 14.0. The number of aliphatic carboxylic acids is 1. The summed E-state index contributed by atoms with van der Waals surface area (Å²) in [7, 11) is 1.36. The normalized spacial score (nSPS) is 16.4. The minimum Gasteiger partial charge on any atom is -0.480 e. The van der Waals surface area contributed by atoms with Crippen LogP contribution in [0.4, 0.5) is 4.79 Å². The fourth-order valence-electron chi connectivity index (χ4n) is 4.20. The van der Waals surface area contributed by atoms with Gasteiger partial charge in [0.2, 0.25) is 5.91 Å². The maximum Gasteiger partial charge on any atom is 0.407 e. The monoisotopic (exact) mass is 438 g/mol. The SMILES string of the molecule is COC[C@H](NC(=O)C(NC(=O)OCC1c2ccccc2-c2ccccc21)C1CC1)C(=O)O. The number of hydrogen-bond donors (Lipinski definition) is 3. The molecule has 0 aromatic heterocycles. The van der Waals surface area contributed by atoms with Crippen molar-refractivity contribution in [2.45, 2.75) is 30.8 Å². The maximum atomic E-state index is 12.6. The molecular weight excluding hydrogens is 412 g/mol. The highest BCUT2D eigenvalue weighted by Crippen LogP contribution is 2.44. The lowest BCUT2D eigenvalue weighted by Crippen LogP contribution is -2.53. The van der Waals surface area contributed by atoms with Gasteiger partial charge in [-0.1, -0.05) is 48.5 Å². The number of hydrogen-bond acceptors (Lipinski definition) is 5. The van der Waals surface area contributed by atoms with E-state index in [1.54, 1.807) is 0 Å². The number of rotatable bonds is 9. The average Bonchev–Trinajstić information content (AvgIpc) is 3.58. The van der Waals surface area contributed by atoms with E-state index in [1.165, 1.54) is 7.11 Å². The van der Waals surface area contributed by atoms with Gasteiger partial charge in [-0.2, -0.15) is 0 Å². The summed E-state index contributed by atoms with van der Waals surface area (Å²) in [6.45, 7) is -0.0241. The van der Waals surface area contributed by atoms with Crippen LogP contribution < -0.4 is 10.6 Å². The van der Waals surface area contributed by atoms with Gasteiger partial charge in [-0.3, -0.25) is 4.79 Å². The third kappa shape index (κ3) is 4.60. The van der Waals surface area contributed by atoms with E-state index in [2.05, 4.69) is 22.8 Å². The molecule has 0 radical (unpaired) electrons. The number of carbonyl (C=O) groups excluding carboxylic acids is 2.